The van der Waals surface area contributed by atoms with Crippen molar-refractivity contribution in [3.63, 3.8) is 0 Å². The monoisotopic (exact) mass is 253 g/mol. The summed E-state index contributed by atoms with van der Waals surface area (Å²) in [4.78, 5) is 13.7. The number of likely N-dealkylation sites (N-methyl/N-ethyl adjacent to an activating group) is 1. The van der Waals surface area contributed by atoms with E-state index < -0.39 is 0 Å². The zero-order valence-corrected chi connectivity index (χ0v) is 11.1. The first-order valence-electron chi connectivity index (χ1n) is 5.44. The van der Waals surface area contributed by atoms with Gasteiger partial charge in [-0.15, -0.1) is 0 Å². The van der Waals surface area contributed by atoms with Gasteiger partial charge in [0.2, 0.25) is 5.91 Å². The number of hydrogen-bond donors (Lipinski definition) is 2. The van der Waals surface area contributed by atoms with Crippen LogP contribution in [0.2, 0.25) is 0 Å². The van der Waals surface area contributed by atoms with E-state index in [1.165, 1.54) is 0 Å². The first kappa shape index (κ1) is 13.9. The van der Waals surface area contributed by atoms with Crippen LogP contribution in [0.15, 0.2) is 24.3 Å². The maximum Gasteiger partial charge on any atom is 0.238 e. The third-order valence-electron chi connectivity index (χ3n) is 2.26. The van der Waals surface area contributed by atoms with Gasteiger partial charge in [0.1, 0.15) is 0 Å². The van der Waals surface area contributed by atoms with Gasteiger partial charge in [0.25, 0.3) is 0 Å². The van der Waals surface area contributed by atoms with E-state index >= 15 is 0 Å². The summed E-state index contributed by atoms with van der Waals surface area (Å²) in [6.07, 6.45) is 2.06. The van der Waals surface area contributed by atoms with Crippen LogP contribution < -0.4 is 11.1 Å². The first-order chi connectivity index (χ1) is 8.11. The second-order valence-corrected chi connectivity index (χ2v) is 4.89. The Morgan fingerprint density at radius 3 is 2.94 bits per heavy atom. The molecular weight excluding hydrogens is 234 g/mol. The topological polar surface area (TPSA) is 58.4 Å². The summed E-state index contributed by atoms with van der Waals surface area (Å²) in [7, 11) is 1.94. The van der Waals surface area contributed by atoms with Gasteiger partial charge in [-0.25, -0.2) is 0 Å². The van der Waals surface area contributed by atoms with Crippen molar-refractivity contribution in [1.29, 1.82) is 0 Å². The highest BCUT2D eigenvalue weighted by atomic mass is 32.2. The molecule has 1 aromatic carbocycles. The van der Waals surface area contributed by atoms with E-state index in [1.807, 2.05) is 24.1 Å². The Kier molecular flexibility index (Phi) is 5.86. The summed E-state index contributed by atoms with van der Waals surface area (Å²) >= 11 is 1.77. The fourth-order valence-electron chi connectivity index (χ4n) is 1.39. The van der Waals surface area contributed by atoms with Crippen LogP contribution in [0.3, 0.4) is 0 Å². The summed E-state index contributed by atoms with van der Waals surface area (Å²) in [5, 5.41) is 2.82. The predicted molar refractivity (Wildman–Crippen MR) is 75.4 cm³/mol. The lowest BCUT2D eigenvalue weighted by Gasteiger charge is -2.15. The molecule has 0 aliphatic rings. The number of carbonyl (C=O) groups excluding carboxylic acids is 1. The summed E-state index contributed by atoms with van der Waals surface area (Å²) in [6.45, 7) is 1.31. The van der Waals surface area contributed by atoms with Gasteiger partial charge in [-0.1, -0.05) is 6.07 Å². The highest BCUT2D eigenvalue weighted by Crippen LogP contribution is 2.11. The third kappa shape index (κ3) is 5.60. The summed E-state index contributed by atoms with van der Waals surface area (Å²) in [5.74, 6) is 1.02. The van der Waals surface area contributed by atoms with E-state index in [9.17, 15) is 4.79 Å². The van der Waals surface area contributed by atoms with Crippen molar-refractivity contribution in [3.05, 3.63) is 24.3 Å². The number of amides is 1. The molecule has 0 fully saturated rings. The molecule has 94 valence electrons. The Hall–Kier alpha value is -1.20. The van der Waals surface area contributed by atoms with Gasteiger partial charge in [0, 0.05) is 23.7 Å². The van der Waals surface area contributed by atoms with Crippen LogP contribution in [0, 0.1) is 0 Å². The van der Waals surface area contributed by atoms with Gasteiger partial charge in [0.15, 0.2) is 0 Å². The number of rotatable bonds is 6. The zero-order chi connectivity index (χ0) is 12.7. The molecule has 0 spiro atoms. The number of carbonyl (C=O) groups is 1. The second kappa shape index (κ2) is 7.19. The fourth-order valence-corrected chi connectivity index (χ4v) is 1.88. The van der Waals surface area contributed by atoms with Crippen LogP contribution in [0.4, 0.5) is 11.4 Å². The number of nitrogens with one attached hydrogen (secondary N) is 1. The van der Waals surface area contributed by atoms with Crippen molar-refractivity contribution in [2.24, 2.45) is 0 Å². The Morgan fingerprint density at radius 2 is 2.29 bits per heavy atom. The van der Waals surface area contributed by atoms with Crippen LogP contribution in [0.25, 0.3) is 0 Å². The molecule has 0 saturated heterocycles. The van der Waals surface area contributed by atoms with E-state index in [0.717, 1.165) is 18.0 Å². The highest BCUT2D eigenvalue weighted by molar-refractivity contribution is 7.98. The van der Waals surface area contributed by atoms with Gasteiger partial charge in [-0.05, 0) is 31.5 Å². The minimum Gasteiger partial charge on any atom is -0.399 e. The van der Waals surface area contributed by atoms with Crippen molar-refractivity contribution >= 4 is 29.0 Å². The van der Waals surface area contributed by atoms with Crippen molar-refractivity contribution in [1.82, 2.24) is 4.90 Å². The minimum atomic E-state index is -0.0146. The molecule has 0 saturated carbocycles. The summed E-state index contributed by atoms with van der Waals surface area (Å²) < 4.78 is 0. The van der Waals surface area contributed by atoms with Gasteiger partial charge in [-0.3, -0.25) is 9.69 Å². The molecule has 0 aromatic heterocycles. The molecule has 0 atom stereocenters. The predicted octanol–water partition coefficient (Wildman–Crippen LogP) is 1.50. The molecule has 17 heavy (non-hydrogen) atoms. The van der Waals surface area contributed by atoms with Crippen LogP contribution >= 0.6 is 11.8 Å². The van der Waals surface area contributed by atoms with Crippen LogP contribution in [0.1, 0.15) is 0 Å². The van der Waals surface area contributed by atoms with E-state index in [0.29, 0.717) is 12.2 Å². The number of nitrogens with zero attached hydrogens (tertiary/aromatic N) is 1. The lowest BCUT2D eigenvalue weighted by Crippen LogP contribution is -2.31. The maximum absolute atomic E-state index is 11.7. The standard InChI is InChI=1S/C12H19N3OS/c1-15(6-7-17-2)9-12(16)14-11-5-3-4-10(13)8-11/h3-5,8H,6-7,9,13H2,1-2H3,(H,14,16). The zero-order valence-electron chi connectivity index (χ0n) is 10.3. The van der Waals surface area contributed by atoms with Gasteiger partial charge in [0.05, 0.1) is 6.54 Å². The SMILES string of the molecule is CSCCN(C)CC(=O)Nc1cccc(N)c1. The smallest absolute Gasteiger partial charge is 0.238 e. The van der Waals surface area contributed by atoms with E-state index in [1.54, 1.807) is 23.9 Å². The highest BCUT2D eigenvalue weighted by Gasteiger charge is 2.06. The molecule has 4 nitrogen and oxygen atoms in total. The van der Waals surface area contributed by atoms with Crippen LogP contribution in [0.5, 0.6) is 0 Å². The number of anilines is 2. The van der Waals surface area contributed by atoms with Crippen LogP contribution in [-0.4, -0.2) is 43.0 Å². The fraction of sp³-hybridized carbons (Fsp3) is 0.417. The number of thioether (sulfide) groups is 1. The molecule has 0 unspecified atom stereocenters. The quantitative estimate of drug-likeness (QED) is 0.754. The van der Waals surface area contributed by atoms with Gasteiger partial charge < -0.3 is 11.1 Å². The number of benzene rings is 1. The van der Waals surface area contributed by atoms with E-state index in [2.05, 4.69) is 11.6 Å². The minimum absolute atomic E-state index is 0.0146. The molecule has 0 aliphatic heterocycles. The number of hydrogen-bond acceptors (Lipinski definition) is 4. The Labute approximate surface area is 107 Å². The summed E-state index contributed by atoms with van der Waals surface area (Å²) in [6, 6.07) is 7.19. The first-order valence-corrected chi connectivity index (χ1v) is 6.84. The number of nitrogens with two attached hydrogens (primary N) is 1. The molecular formula is C12H19N3OS. The molecule has 5 heteroatoms. The molecule has 1 rings (SSSR count). The molecule has 1 amide bonds. The molecule has 0 radical (unpaired) electrons. The molecule has 1 aromatic rings. The third-order valence-corrected chi connectivity index (χ3v) is 2.85. The maximum atomic E-state index is 11.7. The lowest BCUT2D eigenvalue weighted by molar-refractivity contribution is -0.117. The Balaban J connectivity index is 2.39. The largest absolute Gasteiger partial charge is 0.399 e. The number of nitrogen functional groups attached to an aromatic ring is 1. The van der Waals surface area contributed by atoms with Gasteiger partial charge in [-0.2, -0.15) is 11.8 Å². The van der Waals surface area contributed by atoms with Crippen molar-refractivity contribution in [3.8, 4) is 0 Å². The van der Waals surface area contributed by atoms with Gasteiger partial charge >= 0.3 is 0 Å². The van der Waals surface area contributed by atoms with Crippen molar-refractivity contribution < 1.29 is 4.79 Å². The Morgan fingerprint density at radius 1 is 1.53 bits per heavy atom. The lowest BCUT2D eigenvalue weighted by atomic mass is 10.3. The normalized spacial score (nSPS) is 10.5. The van der Waals surface area contributed by atoms with E-state index in [-0.39, 0.29) is 5.91 Å². The van der Waals surface area contributed by atoms with E-state index in [4.69, 9.17) is 5.73 Å². The molecule has 0 heterocycles. The average Bonchev–Trinajstić information content (AvgIpc) is 2.26. The van der Waals surface area contributed by atoms with Crippen LogP contribution in [-0.2, 0) is 4.79 Å². The van der Waals surface area contributed by atoms with Crippen molar-refractivity contribution in [2.45, 2.75) is 0 Å². The Bertz CT molecular complexity index is 371. The molecule has 3 N–H and O–H groups in total. The molecule has 0 bridgehead atoms. The average molecular weight is 253 g/mol. The molecule has 0 aliphatic carbocycles. The van der Waals surface area contributed by atoms with Crippen molar-refractivity contribution in [2.75, 3.05) is 43.2 Å². The second-order valence-electron chi connectivity index (χ2n) is 3.90. The summed E-state index contributed by atoms with van der Waals surface area (Å²) in [5.41, 5.74) is 7.03.